The zero-order valence-corrected chi connectivity index (χ0v) is 12.9. The average molecular weight is 287 g/mol. The van der Waals surface area contributed by atoms with Gasteiger partial charge in [-0.05, 0) is 19.4 Å². The molecule has 0 saturated carbocycles. The van der Waals surface area contributed by atoms with Gasteiger partial charge < -0.3 is 14.7 Å². The van der Waals surface area contributed by atoms with Crippen molar-refractivity contribution in [3.63, 3.8) is 0 Å². The second-order valence-electron chi connectivity index (χ2n) is 4.98. The third-order valence-electron chi connectivity index (χ3n) is 3.08. The first-order chi connectivity index (χ1) is 10.1. The summed E-state index contributed by atoms with van der Waals surface area (Å²) in [6.07, 6.45) is 0. The van der Waals surface area contributed by atoms with E-state index in [0.29, 0.717) is 18.3 Å². The van der Waals surface area contributed by atoms with Crippen molar-refractivity contribution >= 4 is 5.96 Å². The second kappa shape index (κ2) is 6.88. The predicted octanol–water partition coefficient (Wildman–Crippen LogP) is 1.89. The van der Waals surface area contributed by atoms with Gasteiger partial charge in [0, 0.05) is 20.6 Å². The molecule has 2 aromatic rings. The Kier molecular flexibility index (Phi) is 4.92. The summed E-state index contributed by atoms with van der Waals surface area (Å²) in [4.78, 5) is 10.5. The molecule has 0 unspecified atom stereocenters. The smallest absolute Gasteiger partial charge is 0.246 e. The van der Waals surface area contributed by atoms with Crippen LogP contribution in [0.2, 0.25) is 0 Å². The maximum atomic E-state index is 5.07. The Morgan fingerprint density at radius 3 is 2.57 bits per heavy atom. The number of nitrogens with zero attached hydrogens (tertiary/aromatic N) is 4. The van der Waals surface area contributed by atoms with Crippen molar-refractivity contribution in [3.8, 4) is 0 Å². The van der Waals surface area contributed by atoms with Gasteiger partial charge in [-0.1, -0.05) is 35.0 Å². The van der Waals surface area contributed by atoms with Crippen molar-refractivity contribution in [2.45, 2.75) is 26.9 Å². The number of benzene rings is 1. The highest BCUT2D eigenvalue weighted by atomic mass is 16.5. The molecule has 0 fully saturated rings. The molecule has 0 aliphatic heterocycles. The number of aryl methyl sites for hydroxylation is 2. The molecule has 112 valence electrons. The first-order valence-electron chi connectivity index (χ1n) is 6.85. The van der Waals surface area contributed by atoms with Crippen LogP contribution in [0.1, 0.15) is 22.8 Å². The highest BCUT2D eigenvalue weighted by Crippen LogP contribution is 2.06. The highest BCUT2D eigenvalue weighted by Gasteiger charge is 2.09. The van der Waals surface area contributed by atoms with E-state index < -0.39 is 0 Å². The van der Waals surface area contributed by atoms with Gasteiger partial charge in [-0.25, -0.2) is 0 Å². The fourth-order valence-corrected chi connectivity index (χ4v) is 1.99. The van der Waals surface area contributed by atoms with E-state index in [-0.39, 0.29) is 0 Å². The van der Waals surface area contributed by atoms with E-state index in [1.807, 2.05) is 11.9 Å². The number of aromatic nitrogens is 2. The predicted molar refractivity (Wildman–Crippen MR) is 81.9 cm³/mol. The zero-order chi connectivity index (χ0) is 15.2. The fourth-order valence-electron chi connectivity index (χ4n) is 1.99. The molecule has 0 saturated heterocycles. The van der Waals surface area contributed by atoms with Gasteiger partial charge >= 0.3 is 0 Å². The maximum Gasteiger partial charge on any atom is 0.246 e. The Labute approximate surface area is 124 Å². The molecule has 1 aromatic carbocycles. The molecule has 1 N–H and O–H groups in total. The lowest BCUT2D eigenvalue weighted by atomic mass is 10.1. The van der Waals surface area contributed by atoms with Crippen molar-refractivity contribution in [1.29, 1.82) is 0 Å². The van der Waals surface area contributed by atoms with Gasteiger partial charge in [0.1, 0.15) is 0 Å². The number of nitrogens with one attached hydrogen (secondary N) is 1. The SMILES string of the molecule is CN=C(NCc1nc(C)no1)N(C)Cc1ccc(C)cc1. The summed E-state index contributed by atoms with van der Waals surface area (Å²) in [6.45, 7) is 5.13. The normalized spacial score (nSPS) is 11.5. The number of hydrogen-bond acceptors (Lipinski definition) is 4. The third-order valence-corrected chi connectivity index (χ3v) is 3.08. The number of rotatable bonds is 4. The molecule has 1 heterocycles. The average Bonchev–Trinajstić information content (AvgIpc) is 2.88. The number of guanidine groups is 1. The summed E-state index contributed by atoms with van der Waals surface area (Å²) in [5.41, 5.74) is 2.50. The molecule has 0 amide bonds. The van der Waals surface area contributed by atoms with Crippen LogP contribution < -0.4 is 5.32 Å². The standard InChI is InChI=1S/C15H21N5O/c1-11-5-7-13(8-6-11)10-20(4)15(16-3)17-9-14-18-12(2)19-21-14/h5-8H,9-10H2,1-4H3,(H,16,17). The van der Waals surface area contributed by atoms with Crippen molar-refractivity contribution in [3.05, 3.63) is 47.1 Å². The van der Waals surface area contributed by atoms with E-state index >= 15 is 0 Å². The Balaban J connectivity index is 1.92. The van der Waals surface area contributed by atoms with Crippen LogP contribution in [-0.2, 0) is 13.1 Å². The summed E-state index contributed by atoms with van der Waals surface area (Å²) >= 11 is 0. The monoisotopic (exact) mass is 287 g/mol. The zero-order valence-electron chi connectivity index (χ0n) is 12.9. The lowest BCUT2D eigenvalue weighted by molar-refractivity contribution is 0.368. The van der Waals surface area contributed by atoms with Gasteiger partial charge in [0.05, 0.1) is 6.54 Å². The van der Waals surface area contributed by atoms with Crippen LogP contribution in [0, 0.1) is 13.8 Å². The van der Waals surface area contributed by atoms with E-state index in [9.17, 15) is 0 Å². The molecule has 0 bridgehead atoms. The van der Waals surface area contributed by atoms with Crippen molar-refractivity contribution in [2.24, 2.45) is 4.99 Å². The van der Waals surface area contributed by atoms with Crippen LogP contribution in [0.25, 0.3) is 0 Å². The van der Waals surface area contributed by atoms with Crippen LogP contribution in [0.5, 0.6) is 0 Å². The Morgan fingerprint density at radius 1 is 1.29 bits per heavy atom. The summed E-state index contributed by atoms with van der Waals surface area (Å²) in [5, 5.41) is 6.97. The minimum Gasteiger partial charge on any atom is -0.347 e. The van der Waals surface area contributed by atoms with Gasteiger partial charge in [0.15, 0.2) is 11.8 Å². The maximum absolute atomic E-state index is 5.07. The van der Waals surface area contributed by atoms with Crippen molar-refractivity contribution < 1.29 is 4.52 Å². The van der Waals surface area contributed by atoms with Crippen LogP contribution in [0.15, 0.2) is 33.8 Å². The molecule has 2 rings (SSSR count). The summed E-state index contributed by atoms with van der Waals surface area (Å²) in [7, 11) is 3.75. The van der Waals surface area contributed by atoms with Crippen molar-refractivity contribution in [2.75, 3.05) is 14.1 Å². The van der Waals surface area contributed by atoms with Gasteiger partial charge in [0.2, 0.25) is 5.89 Å². The molecule has 0 aliphatic rings. The molecular formula is C15H21N5O. The first kappa shape index (κ1) is 15.0. The molecule has 21 heavy (non-hydrogen) atoms. The quantitative estimate of drug-likeness (QED) is 0.687. The number of aliphatic imine (C=N–C) groups is 1. The Morgan fingerprint density at radius 2 is 2.00 bits per heavy atom. The van der Waals surface area contributed by atoms with Gasteiger partial charge in [0.25, 0.3) is 0 Å². The van der Waals surface area contributed by atoms with Crippen LogP contribution in [-0.4, -0.2) is 35.1 Å². The van der Waals surface area contributed by atoms with Gasteiger partial charge in [-0.15, -0.1) is 0 Å². The molecule has 0 radical (unpaired) electrons. The summed E-state index contributed by atoms with van der Waals surface area (Å²) in [6, 6.07) is 8.47. The lowest BCUT2D eigenvalue weighted by Crippen LogP contribution is -2.38. The minimum absolute atomic E-state index is 0.464. The van der Waals surface area contributed by atoms with E-state index in [0.717, 1.165) is 12.5 Å². The van der Waals surface area contributed by atoms with Crippen LogP contribution in [0.3, 0.4) is 0 Å². The molecule has 0 atom stereocenters. The van der Waals surface area contributed by atoms with Crippen LogP contribution >= 0.6 is 0 Å². The molecule has 6 heteroatoms. The first-order valence-corrected chi connectivity index (χ1v) is 6.85. The van der Waals surface area contributed by atoms with E-state index in [4.69, 9.17) is 4.52 Å². The summed E-state index contributed by atoms with van der Waals surface area (Å²) < 4.78 is 5.07. The van der Waals surface area contributed by atoms with Crippen molar-refractivity contribution in [1.82, 2.24) is 20.4 Å². The van der Waals surface area contributed by atoms with E-state index in [1.54, 1.807) is 14.0 Å². The highest BCUT2D eigenvalue weighted by molar-refractivity contribution is 5.79. The van der Waals surface area contributed by atoms with Gasteiger partial charge in [-0.2, -0.15) is 4.98 Å². The van der Waals surface area contributed by atoms with Crippen LogP contribution in [0.4, 0.5) is 0 Å². The Bertz CT molecular complexity index is 603. The number of hydrogen-bond donors (Lipinski definition) is 1. The molecule has 0 spiro atoms. The molecule has 0 aliphatic carbocycles. The fraction of sp³-hybridized carbons (Fsp3) is 0.400. The topological polar surface area (TPSA) is 66.5 Å². The molecule has 1 aromatic heterocycles. The lowest BCUT2D eigenvalue weighted by Gasteiger charge is -2.21. The minimum atomic E-state index is 0.464. The summed E-state index contributed by atoms with van der Waals surface area (Å²) in [5.74, 6) is 1.97. The van der Waals surface area contributed by atoms with E-state index in [2.05, 4.69) is 51.6 Å². The molecular weight excluding hydrogens is 266 g/mol. The second-order valence-corrected chi connectivity index (χ2v) is 4.98. The largest absolute Gasteiger partial charge is 0.347 e. The third kappa shape index (κ3) is 4.30. The Hall–Kier alpha value is -2.37. The van der Waals surface area contributed by atoms with E-state index in [1.165, 1.54) is 11.1 Å². The van der Waals surface area contributed by atoms with Gasteiger partial charge in [-0.3, -0.25) is 4.99 Å². The molecule has 6 nitrogen and oxygen atoms in total.